The van der Waals surface area contributed by atoms with Gasteiger partial charge in [0.05, 0.1) is 11.4 Å². The number of sulfonamides is 1. The van der Waals surface area contributed by atoms with Crippen molar-refractivity contribution in [2.45, 2.75) is 9.43 Å². The molecule has 142 valence electrons. The van der Waals surface area contributed by atoms with Crippen LogP contribution in [0, 0.1) is 0 Å². The Labute approximate surface area is 167 Å². The van der Waals surface area contributed by atoms with Crippen LogP contribution in [0.3, 0.4) is 0 Å². The molecular formula is C15H12ClN3O5S3. The highest BCUT2D eigenvalue weighted by Gasteiger charge is 2.17. The van der Waals surface area contributed by atoms with Crippen molar-refractivity contribution in [2.75, 3.05) is 17.6 Å². The summed E-state index contributed by atoms with van der Waals surface area (Å²) in [4.78, 5) is 11.1. The van der Waals surface area contributed by atoms with E-state index < -0.39 is 16.0 Å². The van der Waals surface area contributed by atoms with E-state index in [2.05, 4.69) is 19.7 Å². The van der Waals surface area contributed by atoms with E-state index in [9.17, 15) is 13.2 Å². The third-order valence-electron chi connectivity index (χ3n) is 3.15. The number of hydrogen-bond acceptors (Lipinski definition) is 9. The van der Waals surface area contributed by atoms with Crippen molar-refractivity contribution in [3.8, 4) is 11.5 Å². The van der Waals surface area contributed by atoms with Gasteiger partial charge in [0.2, 0.25) is 5.89 Å². The molecule has 0 bridgehead atoms. The topological polar surface area (TPSA) is 111 Å². The lowest BCUT2D eigenvalue weighted by Gasteiger charge is -2.06. The molecular weight excluding hydrogens is 434 g/mol. The number of ether oxygens (including phenoxy) is 1. The number of benzene rings is 1. The first-order chi connectivity index (χ1) is 12.9. The lowest BCUT2D eigenvalue weighted by molar-refractivity contribution is -0.137. The summed E-state index contributed by atoms with van der Waals surface area (Å²) in [6.45, 7) is 0. The maximum atomic E-state index is 12.3. The van der Waals surface area contributed by atoms with Gasteiger partial charge in [0.1, 0.15) is 9.96 Å². The molecule has 0 atom stereocenters. The Morgan fingerprint density at radius 2 is 2.00 bits per heavy atom. The van der Waals surface area contributed by atoms with Crippen LogP contribution in [0.2, 0.25) is 4.34 Å². The number of nitrogens with zero attached hydrogens (tertiary/aromatic N) is 2. The van der Waals surface area contributed by atoms with Crippen molar-refractivity contribution < 1.29 is 22.4 Å². The summed E-state index contributed by atoms with van der Waals surface area (Å²) in [6.07, 6.45) is 0. The molecule has 8 nitrogen and oxygen atoms in total. The molecule has 3 aromatic rings. The van der Waals surface area contributed by atoms with Crippen LogP contribution >= 0.6 is 34.7 Å². The standard InChI is InChI=1S/C15H12ClN3O5S3/c1-23-12(20)8-25-15-18-17-14(24-15)9-2-4-10(5-3-9)19-27(21,22)13-7-6-11(16)26-13/h2-7,19H,8H2,1H3. The maximum absolute atomic E-state index is 12.3. The second kappa shape index (κ2) is 8.30. The highest BCUT2D eigenvalue weighted by Crippen LogP contribution is 2.28. The Morgan fingerprint density at radius 1 is 1.26 bits per heavy atom. The molecule has 0 aliphatic carbocycles. The van der Waals surface area contributed by atoms with Crippen LogP contribution in [0.25, 0.3) is 11.5 Å². The van der Waals surface area contributed by atoms with Crippen molar-refractivity contribution in [1.29, 1.82) is 0 Å². The maximum Gasteiger partial charge on any atom is 0.316 e. The molecule has 27 heavy (non-hydrogen) atoms. The first-order valence-corrected chi connectivity index (χ1v) is 11.0. The van der Waals surface area contributed by atoms with E-state index in [4.69, 9.17) is 16.0 Å². The number of aromatic nitrogens is 2. The largest absolute Gasteiger partial charge is 0.468 e. The van der Waals surface area contributed by atoms with E-state index in [0.717, 1.165) is 23.1 Å². The van der Waals surface area contributed by atoms with Gasteiger partial charge >= 0.3 is 5.97 Å². The zero-order valence-electron chi connectivity index (χ0n) is 13.7. The SMILES string of the molecule is COC(=O)CSc1nnc(-c2ccc(NS(=O)(=O)c3ccc(Cl)s3)cc2)o1. The molecule has 12 heteroatoms. The van der Waals surface area contributed by atoms with Gasteiger partial charge in [-0.3, -0.25) is 9.52 Å². The number of anilines is 1. The summed E-state index contributed by atoms with van der Waals surface area (Å²) in [5.41, 5.74) is 0.984. The number of methoxy groups -OCH3 is 1. The normalized spacial score (nSPS) is 11.3. The van der Waals surface area contributed by atoms with Crippen LogP contribution in [-0.4, -0.2) is 37.4 Å². The number of thioether (sulfide) groups is 1. The van der Waals surface area contributed by atoms with Crippen LogP contribution in [0.1, 0.15) is 0 Å². The van der Waals surface area contributed by atoms with Gasteiger partial charge < -0.3 is 9.15 Å². The van der Waals surface area contributed by atoms with Crippen molar-refractivity contribution in [3.63, 3.8) is 0 Å². The van der Waals surface area contributed by atoms with Crippen LogP contribution in [0.4, 0.5) is 5.69 Å². The van der Waals surface area contributed by atoms with E-state index in [1.165, 1.54) is 19.2 Å². The summed E-state index contributed by atoms with van der Waals surface area (Å²) in [6, 6.07) is 9.40. The minimum absolute atomic E-state index is 0.0611. The zero-order valence-corrected chi connectivity index (χ0v) is 16.9. The summed E-state index contributed by atoms with van der Waals surface area (Å²) in [7, 11) is -2.40. The van der Waals surface area contributed by atoms with Gasteiger partial charge in [0.15, 0.2) is 0 Å². The first-order valence-electron chi connectivity index (χ1n) is 7.29. The average molecular weight is 446 g/mol. The molecule has 0 radical (unpaired) electrons. The number of halogens is 1. The van der Waals surface area contributed by atoms with Crippen LogP contribution in [-0.2, 0) is 19.6 Å². The summed E-state index contributed by atoms with van der Waals surface area (Å²) < 4.78 is 37.6. The third-order valence-corrected chi connectivity index (χ3v) is 7.04. The Kier molecular flexibility index (Phi) is 6.05. The highest BCUT2D eigenvalue weighted by molar-refractivity contribution is 7.99. The van der Waals surface area contributed by atoms with Crippen molar-refractivity contribution in [1.82, 2.24) is 10.2 Å². The molecule has 0 saturated carbocycles. The van der Waals surface area contributed by atoms with Crippen LogP contribution < -0.4 is 4.72 Å². The Bertz CT molecular complexity index is 1050. The Morgan fingerprint density at radius 3 is 2.63 bits per heavy atom. The lowest BCUT2D eigenvalue weighted by atomic mass is 10.2. The van der Waals surface area contributed by atoms with Gasteiger partial charge in [-0.25, -0.2) is 8.42 Å². The van der Waals surface area contributed by atoms with Crippen LogP contribution in [0.5, 0.6) is 0 Å². The first kappa shape index (κ1) is 19.7. The molecule has 2 heterocycles. The number of carbonyl (C=O) groups excluding carboxylic acids is 1. The summed E-state index contributed by atoms with van der Waals surface area (Å²) >= 11 is 7.82. The number of nitrogens with one attached hydrogen (secondary N) is 1. The third kappa shape index (κ3) is 5.01. The fourth-order valence-electron chi connectivity index (χ4n) is 1.89. The molecule has 0 saturated heterocycles. The minimum Gasteiger partial charge on any atom is -0.468 e. The van der Waals surface area contributed by atoms with E-state index >= 15 is 0 Å². The number of esters is 1. The minimum atomic E-state index is -3.70. The second-order valence-corrected chi connectivity index (χ2v) is 9.53. The summed E-state index contributed by atoms with van der Waals surface area (Å²) in [5.74, 6) is -0.0868. The lowest BCUT2D eigenvalue weighted by Crippen LogP contribution is -2.11. The average Bonchev–Trinajstić information content (AvgIpc) is 3.29. The van der Waals surface area contributed by atoms with Crippen molar-refractivity contribution in [2.24, 2.45) is 0 Å². The Balaban J connectivity index is 1.69. The fraction of sp³-hybridized carbons (Fsp3) is 0.133. The number of thiophene rings is 1. The van der Waals surface area contributed by atoms with E-state index in [1.807, 2.05) is 0 Å². The monoisotopic (exact) mass is 445 g/mol. The van der Waals surface area contributed by atoms with E-state index in [1.54, 1.807) is 24.3 Å². The zero-order chi connectivity index (χ0) is 19.4. The van der Waals surface area contributed by atoms with E-state index in [0.29, 0.717) is 15.6 Å². The molecule has 0 fully saturated rings. The van der Waals surface area contributed by atoms with Gasteiger partial charge in [0, 0.05) is 11.3 Å². The molecule has 1 aromatic carbocycles. The molecule has 0 unspecified atom stereocenters. The van der Waals surface area contributed by atoms with Crippen molar-refractivity contribution >= 4 is 56.4 Å². The van der Waals surface area contributed by atoms with Gasteiger partial charge in [-0.05, 0) is 36.4 Å². The van der Waals surface area contributed by atoms with Gasteiger partial charge in [0.25, 0.3) is 15.2 Å². The number of carbonyl (C=O) groups is 1. The van der Waals surface area contributed by atoms with Crippen molar-refractivity contribution in [3.05, 3.63) is 40.7 Å². The smallest absolute Gasteiger partial charge is 0.316 e. The fourth-order valence-corrected chi connectivity index (χ4v) is 5.03. The molecule has 0 amide bonds. The van der Waals surface area contributed by atoms with Crippen LogP contribution in [0.15, 0.2) is 50.2 Å². The summed E-state index contributed by atoms with van der Waals surface area (Å²) in [5, 5.41) is 7.97. The molecule has 0 aliphatic heterocycles. The molecule has 2 aromatic heterocycles. The predicted octanol–water partition coefficient (Wildman–Crippen LogP) is 3.52. The van der Waals surface area contributed by atoms with Gasteiger partial charge in [-0.2, -0.15) is 0 Å². The quantitative estimate of drug-likeness (QED) is 0.434. The van der Waals surface area contributed by atoms with E-state index in [-0.39, 0.29) is 21.1 Å². The second-order valence-electron chi connectivity index (χ2n) is 4.98. The van der Waals surface area contributed by atoms with Gasteiger partial charge in [-0.15, -0.1) is 21.5 Å². The molecule has 0 aliphatic rings. The predicted molar refractivity (Wildman–Crippen MR) is 103 cm³/mol. The number of rotatable bonds is 7. The molecule has 3 rings (SSSR count). The molecule has 1 N–H and O–H groups in total. The molecule has 0 spiro atoms. The highest BCUT2D eigenvalue weighted by atomic mass is 35.5. The number of hydrogen-bond donors (Lipinski definition) is 1. The van der Waals surface area contributed by atoms with Gasteiger partial charge in [-0.1, -0.05) is 23.4 Å². The Hall–Kier alpha value is -2.08.